The minimum Gasteiger partial charge on any atom is -0.368 e. The van der Waals surface area contributed by atoms with Gasteiger partial charge in [0.05, 0.1) is 6.54 Å². The second-order valence-electron chi connectivity index (χ2n) is 3.31. The Labute approximate surface area is 93.9 Å². The number of carbonyl (C=O) groups is 3. The maximum absolute atomic E-state index is 11.2. The van der Waals surface area contributed by atoms with Crippen molar-refractivity contribution in [1.82, 2.24) is 10.6 Å². The van der Waals surface area contributed by atoms with Gasteiger partial charge in [-0.05, 0) is 25.8 Å². The van der Waals surface area contributed by atoms with E-state index in [4.69, 9.17) is 11.5 Å². The molecule has 0 bridgehead atoms. The Morgan fingerprint density at radius 2 is 2.00 bits per heavy atom. The van der Waals surface area contributed by atoms with Gasteiger partial charge in [0.2, 0.25) is 18.2 Å². The third kappa shape index (κ3) is 6.77. The van der Waals surface area contributed by atoms with E-state index in [-0.39, 0.29) is 6.54 Å². The van der Waals surface area contributed by atoms with Crippen LogP contribution in [0.3, 0.4) is 0 Å². The van der Waals surface area contributed by atoms with E-state index in [9.17, 15) is 14.4 Å². The highest BCUT2D eigenvalue weighted by Gasteiger charge is 2.16. The van der Waals surface area contributed by atoms with E-state index in [2.05, 4.69) is 10.6 Å². The molecule has 0 heterocycles. The van der Waals surface area contributed by atoms with E-state index in [0.717, 1.165) is 6.42 Å². The summed E-state index contributed by atoms with van der Waals surface area (Å²) in [5.74, 6) is -1.03. The van der Waals surface area contributed by atoms with Crippen LogP contribution in [0.25, 0.3) is 0 Å². The monoisotopic (exact) mass is 230 g/mol. The molecule has 0 aliphatic heterocycles. The van der Waals surface area contributed by atoms with Crippen molar-refractivity contribution in [1.29, 1.82) is 0 Å². The second kappa shape index (κ2) is 8.66. The summed E-state index contributed by atoms with van der Waals surface area (Å²) >= 11 is 0. The number of unbranched alkanes of at least 4 members (excludes halogenated alkanes) is 1. The van der Waals surface area contributed by atoms with Crippen LogP contribution in [-0.4, -0.2) is 37.4 Å². The SMILES string of the molecule is NCCCCC(NC(=O)CNC=O)C(N)=O. The van der Waals surface area contributed by atoms with Gasteiger partial charge in [-0.1, -0.05) is 0 Å². The van der Waals surface area contributed by atoms with Crippen LogP contribution in [0.2, 0.25) is 0 Å². The quantitative estimate of drug-likeness (QED) is 0.265. The van der Waals surface area contributed by atoms with Gasteiger partial charge in [-0.25, -0.2) is 0 Å². The predicted octanol–water partition coefficient (Wildman–Crippen LogP) is -2.17. The van der Waals surface area contributed by atoms with Crippen molar-refractivity contribution in [3.8, 4) is 0 Å². The molecular weight excluding hydrogens is 212 g/mol. The van der Waals surface area contributed by atoms with Gasteiger partial charge in [0.1, 0.15) is 6.04 Å². The van der Waals surface area contributed by atoms with E-state index in [1.54, 1.807) is 0 Å². The Hall–Kier alpha value is -1.63. The molecule has 92 valence electrons. The molecule has 16 heavy (non-hydrogen) atoms. The molecule has 0 fully saturated rings. The van der Waals surface area contributed by atoms with Gasteiger partial charge in [-0.2, -0.15) is 0 Å². The number of hydrogen-bond acceptors (Lipinski definition) is 4. The third-order valence-electron chi connectivity index (χ3n) is 1.97. The molecule has 0 saturated carbocycles. The summed E-state index contributed by atoms with van der Waals surface area (Å²) in [5.41, 5.74) is 10.4. The van der Waals surface area contributed by atoms with Crippen molar-refractivity contribution in [3.63, 3.8) is 0 Å². The topological polar surface area (TPSA) is 127 Å². The zero-order valence-electron chi connectivity index (χ0n) is 9.07. The number of hydrogen-bond donors (Lipinski definition) is 4. The van der Waals surface area contributed by atoms with Crippen molar-refractivity contribution >= 4 is 18.2 Å². The molecule has 0 aliphatic rings. The van der Waals surface area contributed by atoms with Gasteiger partial charge >= 0.3 is 0 Å². The van der Waals surface area contributed by atoms with Gasteiger partial charge in [-0.15, -0.1) is 0 Å². The molecular formula is C9H18N4O3. The van der Waals surface area contributed by atoms with Crippen LogP contribution in [-0.2, 0) is 14.4 Å². The Bertz CT molecular complexity index is 245. The summed E-state index contributed by atoms with van der Waals surface area (Å²) < 4.78 is 0. The Morgan fingerprint density at radius 3 is 2.50 bits per heavy atom. The minimum absolute atomic E-state index is 0.163. The fourth-order valence-electron chi connectivity index (χ4n) is 1.16. The van der Waals surface area contributed by atoms with Crippen molar-refractivity contribution in [3.05, 3.63) is 0 Å². The van der Waals surface area contributed by atoms with Crippen LogP contribution in [0.5, 0.6) is 0 Å². The Balaban J connectivity index is 3.96. The lowest BCUT2D eigenvalue weighted by Crippen LogP contribution is -2.47. The smallest absolute Gasteiger partial charge is 0.240 e. The number of rotatable bonds is 9. The molecule has 0 aliphatic carbocycles. The number of primary amides is 1. The average molecular weight is 230 g/mol. The molecule has 7 heteroatoms. The third-order valence-corrected chi connectivity index (χ3v) is 1.97. The molecule has 3 amide bonds. The van der Waals surface area contributed by atoms with Crippen LogP contribution in [0.4, 0.5) is 0 Å². The molecule has 7 nitrogen and oxygen atoms in total. The minimum atomic E-state index is -0.701. The number of amides is 3. The van der Waals surface area contributed by atoms with E-state index >= 15 is 0 Å². The normalized spacial score (nSPS) is 11.6. The molecule has 1 atom stereocenters. The van der Waals surface area contributed by atoms with Crippen LogP contribution in [0.1, 0.15) is 19.3 Å². The van der Waals surface area contributed by atoms with Crippen LogP contribution in [0.15, 0.2) is 0 Å². The fourth-order valence-corrected chi connectivity index (χ4v) is 1.16. The van der Waals surface area contributed by atoms with E-state index in [0.29, 0.717) is 25.8 Å². The number of carbonyl (C=O) groups excluding carboxylic acids is 3. The average Bonchev–Trinajstić information content (AvgIpc) is 2.25. The second-order valence-corrected chi connectivity index (χ2v) is 3.31. The molecule has 0 rings (SSSR count). The number of nitrogens with one attached hydrogen (secondary N) is 2. The largest absolute Gasteiger partial charge is 0.368 e. The van der Waals surface area contributed by atoms with Gasteiger partial charge in [0, 0.05) is 0 Å². The Morgan fingerprint density at radius 1 is 1.31 bits per heavy atom. The molecule has 0 aromatic rings. The van der Waals surface area contributed by atoms with E-state index < -0.39 is 17.9 Å². The lowest BCUT2D eigenvalue weighted by Gasteiger charge is -2.14. The highest BCUT2D eigenvalue weighted by Crippen LogP contribution is 1.99. The van der Waals surface area contributed by atoms with Gasteiger partial charge in [0.25, 0.3) is 0 Å². The molecule has 0 aromatic carbocycles. The fraction of sp³-hybridized carbons (Fsp3) is 0.667. The van der Waals surface area contributed by atoms with Gasteiger partial charge in [-0.3, -0.25) is 14.4 Å². The van der Waals surface area contributed by atoms with Crippen LogP contribution >= 0.6 is 0 Å². The molecule has 0 radical (unpaired) electrons. The summed E-state index contributed by atoms with van der Waals surface area (Å²) in [7, 11) is 0. The summed E-state index contributed by atoms with van der Waals surface area (Å²) in [4.78, 5) is 32.1. The first kappa shape index (κ1) is 14.4. The number of nitrogens with two attached hydrogens (primary N) is 2. The first-order chi connectivity index (χ1) is 7.61. The maximum Gasteiger partial charge on any atom is 0.240 e. The van der Waals surface area contributed by atoms with Gasteiger partial charge in [0.15, 0.2) is 0 Å². The summed E-state index contributed by atoms with van der Waals surface area (Å²) in [6.07, 6.45) is 2.35. The zero-order chi connectivity index (χ0) is 12.4. The highest BCUT2D eigenvalue weighted by atomic mass is 16.2. The zero-order valence-corrected chi connectivity index (χ0v) is 9.07. The molecule has 1 unspecified atom stereocenters. The first-order valence-electron chi connectivity index (χ1n) is 5.07. The van der Waals surface area contributed by atoms with Crippen molar-refractivity contribution in [2.75, 3.05) is 13.1 Å². The van der Waals surface area contributed by atoms with Crippen molar-refractivity contribution < 1.29 is 14.4 Å². The lowest BCUT2D eigenvalue weighted by molar-refractivity contribution is -0.127. The van der Waals surface area contributed by atoms with Crippen molar-refractivity contribution in [2.45, 2.75) is 25.3 Å². The maximum atomic E-state index is 11.2. The van der Waals surface area contributed by atoms with Crippen LogP contribution < -0.4 is 22.1 Å². The molecule has 6 N–H and O–H groups in total. The lowest BCUT2D eigenvalue weighted by atomic mass is 10.1. The Kier molecular flexibility index (Phi) is 7.78. The standard InChI is InChI=1S/C9H18N4O3/c10-4-2-1-3-7(9(11)16)13-8(15)5-12-6-14/h6-7H,1-5,10H2,(H2,11,16)(H,12,14)(H,13,15). The first-order valence-corrected chi connectivity index (χ1v) is 5.07. The summed E-state index contributed by atoms with van der Waals surface area (Å²) in [5, 5.41) is 4.63. The predicted molar refractivity (Wildman–Crippen MR) is 58.1 cm³/mol. The molecule has 0 saturated heterocycles. The summed E-state index contributed by atoms with van der Waals surface area (Å²) in [6.45, 7) is 0.371. The highest BCUT2D eigenvalue weighted by molar-refractivity contribution is 5.87. The van der Waals surface area contributed by atoms with Crippen molar-refractivity contribution in [2.24, 2.45) is 11.5 Å². The molecule has 0 spiro atoms. The van der Waals surface area contributed by atoms with E-state index in [1.807, 2.05) is 0 Å². The van der Waals surface area contributed by atoms with E-state index in [1.165, 1.54) is 0 Å². The molecule has 0 aromatic heterocycles. The summed E-state index contributed by atoms with van der Waals surface area (Å²) in [6, 6.07) is -0.701. The van der Waals surface area contributed by atoms with Gasteiger partial charge < -0.3 is 22.1 Å². The van der Waals surface area contributed by atoms with Crippen LogP contribution in [0, 0.1) is 0 Å².